The van der Waals surface area contributed by atoms with Gasteiger partial charge in [-0.05, 0) is 93.8 Å². The number of fused-ring (bicyclic) bond motifs is 1. The first-order valence-electron chi connectivity index (χ1n) is 11.8. The predicted molar refractivity (Wildman–Crippen MR) is 117 cm³/mol. The number of hydrogen-bond acceptors (Lipinski definition) is 3. The van der Waals surface area contributed by atoms with E-state index in [2.05, 4.69) is 21.3 Å². The first-order valence-corrected chi connectivity index (χ1v) is 11.8. The van der Waals surface area contributed by atoms with Gasteiger partial charge in [-0.2, -0.15) is 0 Å². The molecule has 2 heterocycles. The number of aromatic nitrogens is 1. The third-order valence-corrected chi connectivity index (χ3v) is 7.82. The molecule has 3 aliphatic rings. The lowest BCUT2D eigenvalue weighted by Crippen LogP contribution is -2.65. The Hall–Kier alpha value is -2.01. The highest BCUT2D eigenvalue weighted by Gasteiger charge is 2.50. The van der Waals surface area contributed by atoms with E-state index in [0.29, 0.717) is 12.0 Å². The second-order valence-electron chi connectivity index (χ2n) is 9.52. The Balaban J connectivity index is 1.28. The zero-order valence-corrected chi connectivity index (χ0v) is 17.7. The minimum atomic E-state index is -0.283. The number of hydrogen-bond donors (Lipinski definition) is 1. The van der Waals surface area contributed by atoms with E-state index in [4.69, 9.17) is 0 Å². The van der Waals surface area contributed by atoms with E-state index in [1.807, 2.05) is 6.20 Å². The molecule has 0 radical (unpaired) electrons. The highest BCUT2D eigenvalue weighted by molar-refractivity contribution is 5.87. The molecule has 1 amide bonds. The van der Waals surface area contributed by atoms with Gasteiger partial charge < -0.3 is 5.32 Å². The van der Waals surface area contributed by atoms with Gasteiger partial charge >= 0.3 is 0 Å². The van der Waals surface area contributed by atoms with Crippen LogP contribution < -0.4 is 5.32 Å². The van der Waals surface area contributed by atoms with Crippen molar-refractivity contribution in [2.24, 2.45) is 0 Å². The van der Waals surface area contributed by atoms with Crippen molar-refractivity contribution in [1.29, 1.82) is 0 Å². The zero-order valence-electron chi connectivity index (χ0n) is 17.7. The van der Waals surface area contributed by atoms with Gasteiger partial charge in [0.25, 0.3) is 0 Å². The van der Waals surface area contributed by atoms with Crippen molar-refractivity contribution in [1.82, 2.24) is 15.2 Å². The summed E-state index contributed by atoms with van der Waals surface area (Å²) in [6, 6.07) is 7.29. The zero-order chi connectivity index (χ0) is 20.6. The van der Waals surface area contributed by atoms with Gasteiger partial charge in [0.05, 0.1) is 5.52 Å². The van der Waals surface area contributed by atoms with Crippen LogP contribution in [0.1, 0.15) is 75.7 Å². The van der Waals surface area contributed by atoms with Crippen molar-refractivity contribution in [3.63, 3.8) is 0 Å². The molecule has 1 aromatic carbocycles. The topological polar surface area (TPSA) is 45.2 Å². The second kappa shape index (κ2) is 8.26. The number of likely N-dealkylation sites (tertiary alicyclic amines) is 1. The number of nitrogens with one attached hydrogen (secondary N) is 1. The Bertz CT molecular complexity index is 912. The summed E-state index contributed by atoms with van der Waals surface area (Å²) in [4.78, 5) is 20.1. The Labute approximate surface area is 178 Å². The Morgan fingerprint density at radius 3 is 2.50 bits per heavy atom. The molecule has 0 bridgehead atoms. The minimum Gasteiger partial charge on any atom is -0.352 e. The fourth-order valence-electron chi connectivity index (χ4n) is 5.88. The molecule has 2 aliphatic carbocycles. The number of halogens is 1. The maximum absolute atomic E-state index is 13.9. The summed E-state index contributed by atoms with van der Waals surface area (Å²) in [6.07, 6.45) is 13.0. The van der Waals surface area contributed by atoms with E-state index >= 15 is 0 Å². The summed E-state index contributed by atoms with van der Waals surface area (Å²) >= 11 is 0. The lowest BCUT2D eigenvalue weighted by atomic mass is 9.72. The van der Waals surface area contributed by atoms with Gasteiger partial charge in [-0.15, -0.1) is 0 Å². The van der Waals surface area contributed by atoms with E-state index in [-0.39, 0.29) is 17.3 Å². The van der Waals surface area contributed by atoms with Gasteiger partial charge in [-0.1, -0.05) is 19.3 Å². The molecule has 1 aromatic heterocycles. The maximum atomic E-state index is 13.9. The molecule has 0 atom stereocenters. The van der Waals surface area contributed by atoms with Crippen LogP contribution in [0, 0.1) is 5.82 Å². The second-order valence-corrected chi connectivity index (χ2v) is 9.52. The van der Waals surface area contributed by atoms with Gasteiger partial charge in [-0.25, -0.2) is 4.39 Å². The van der Waals surface area contributed by atoms with Crippen LogP contribution in [-0.4, -0.2) is 40.5 Å². The molecule has 1 aliphatic heterocycles. The number of carbonyl (C=O) groups excluding carboxylic acids is 1. The molecule has 1 saturated heterocycles. The first kappa shape index (κ1) is 19.9. The average molecular weight is 410 g/mol. The summed E-state index contributed by atoms with van der Waals surface area (Å²) in [5.74, 6) is 0.463. The molecule has 5 rings (SSSR count). The lowest BCUT2D eigenvalue weighted by Gasteiger charge is -2.51. The standard InChI is InChI=1S/C25H32FN3O/c26-19-7-8-23-22(17-19)21(9-14-27-23)18-10-15-29(16-11-18)25(12-4-13-25)24(30)28-20-5-2-1-3-6-20/h7-9,14,17-18,20H,1-6,10-13,15-16H2,(H,28,30). The van der Waals surface area contributed by atoms with Crippen LogP contribution in [0.25, 0.3) is 10.9 Å². The molecule has 2 aromatic rings. The molecule has 1 N–H and O–H groups in total. The summed E-state index contributed by atoms with van der Waals surface area (Å²) in [5.41, 5.74) is 1.78. The van der Waals surface area contributed by atoms with Gasteiger partial charge in [0.1, 0.15) is 11.4 Å². The van der Waals surface area contributed by atoms with Crippen LogP contribution in [0.2, 0.25) is 0 Å². The van der Waals surface area contributed by atoms with Crippen molar-refractivity contribution in [3.8, 4) is 0 Å². The number of pyridine rings is 1. The van der Waals surface area contributed by atoms with Crippen LogP contribution in [0.5, 0.6) is 0 Å². The number of amides is 1. The van der Waals surface area contributed by atoms with Crippen molar-refractivity contribution >= 4 is 16.8 Å². The van der Waals surface area contributed by atoms with Crippen LogP contribution in [0.4, 0.5) is 4.39 Å². The highest BCUT2D eigenvalue weighted by atomic mass is 19.1. The molecular formula is C25H32FN3O. The van der Waals surface area contributed by atoms with Crippen LogP contribution in [0.3, 0.4) is 0 Å². The van der Waals surface area contributed by atoms with Crippen LogP contribution >= 0.6 is 0 Å². The number of piperidine rings is 1. The van der Waals surface area contributed by atoms with E-state index in [9.17, 15) is 9.18 Å². The number of nitrogens with zero attached hydrogens (tertiary/aromatic N) is 2. The number of benzene rings is 1. The van der Waals surface area contributed by atoms with E-state index in [1.54, 1.807) is 12.1 Å². The van der Waals surface area contributed by atoms with Gasteiger partial charge in [0, 0.05) is 17.6 Å². The predicted octanol–water partition coefficient (Wildman–Crippen LogP) is 4.92. The lowest BCUT2D eigenvalue weighted by molar-refractivity contribution is -0.142. The quantitative estimate of drug-likeness (QED) is 0.779. The van der Waals surface area contributed by atoms with Gasteiger partial charge in [0.15, 0.2) is 0 Å². The Morgan fingerprint density at radius 2 is 1.80 bits per heavy atom. The largest absolute Gasteiger partial charge is 0.352 e. The fourth-order valence-corrected chi connectivity index (χ4v) is 5.88. The molecule has 30 heavy (non-hydrogen) atoms. The third-order valence-electron chi connectivity index (χ3n) is 7.82. The van der Waals surface area contributed by atoms with Gasteiger partial charge in [-0.3, -0.25) is 14.7 Å². The summed E-state index contributed by atoms with van der Waals surface area (Å²) in [7, 11) is 0. The van der Waals surface area contributed by atoms with Crippen molar-refractivity contribution in [2.45, 2.75) is 81.7 Å². The monoisotopic (exact) mass is 409 g/mol. The van der Waals surface area contributed by atoms with Crippen LogP contribution in [-0.2, 0) is 4.79 Å². The van der Waals surface area contributed by atoms with E-state index in [0.717, 1.165) is 68.9 Å². The average Bonchev–Trinajstić information content (AvgIpc) is 2.74. The van der Waals surface area contributed by atoms with Crippen molar-refractivity contribution in [3.05, 3.63) is 41.8 Å². The minimum absolute atomic E-state index is 0.206. The summed E-state index contributed by atoms with van der Waals surface area (Å²) in [6.45, 7) is 1.86. The SMILES string of the molecule is O=C(NC1CCCCC1)C1(N2CCC(c3ccnc4ccc(F)cc34)CC2)CCC1. The van der Waals surface area contributed by atoms with E-state index < -0.39 is 0 Å². The number of rotatable bonds is 4. The Kier molecular flexibility index (Phi) is 5.48. The van der Waals surface area contributed by atoms with Crippen molar-refractivity contribution in [2.75, 3.05) is 13.1 Å². The summed E-state index contributed by atoms with van der Waals surface area (Å²) in [5, 5.41) is 4.34. The van der Waals surface area contributed by atoms with Crippen molar-refractivity contribution < 1.29 is 9.18 Å². The fraction of sp³-hybridized carbons (Fsp3) is 0.600. The molecular weight excluding hydrogens is 377 g/mol. The Morgan fingerprint density at radius 1 is 1.03 bits per heavy atom. The van der Waals surface area contributed by atoms with Crippen LogP contribution in [0.15, 0.2) is 30.5 Å². The highest BCUT2D eigenvalue weighted by Crippen LogP contribution is 2.42. The normalized spacial score (nSPS) is 23.2. The molecule has 3 fully saturated rings. The smallest absolute Gasteiger partial charge is 0.240 e. The van der Waals surface area contributed by atoms with E-state index in [1.165, 1.54) is 30.9 Å². The third kappa shape index (κ3) is 3.62. The molecule has 0 spiro atoms. The molecule has 0 unspecified atom stereocenters. The molecule has 2 saturated carbocycles. The molecule has 160 valence electrons. The first-order chi connectivity index (χ1) is 14.7. The number of carbonyl (C=O) groups is 1. The molecule has 4 nitrogen and oxygen atoms in total. The summed E-state index contributed by atoms with van der Waals surface area (Å²) < 4.78 is 13.9. The maximum Gasteiger partial charge on any atom is 0.240 e. The molecule has 5 heteroatoms. The van der Waals surface area contributed by atoms with Gasteiger partial charge in [0.2, 0.25) is 5.91 Å².